The number of nitrogens with zero attached hydrogens (tertiary/aromatic N) is 2. The number of esters is 2. The molecule has 0 amide bonds. The lowest BCUT2D eigenvalue weighted by Gasteiger charge is -2.11. The number of methoxy groups -OCH3 is 2. The number of hydrogen-bond acceptors (Lipinski definition) is 6. The largest absolute Gasteiger partial charge is 0.468 e. The summed E-state index contributed by atoms with van der Waals surface area (Å²) in [4.78, 5) is 30.4. The van der Waals surface area contributed by atoms with E-state index < -0.39 is 17.9 Å². The summed E-state index contributed by atoms with van der Waals surface area (Å²) in [5, 5.41) is 0.0237. The number of ether oxygens (including phenoxy) is 2. The van der Waals surface area contributed by atoms with Gasteiger partial charge in [-0.15, -0.1) is 0 Å². The highest BCUT2D eigenvalue weighted by atomic mass is 35.5. The number of halogens is 2. The lowest BCUT2D eigenvalue weighted by atomic mass is 10.1. The summed E-state index contributed by atoms with van der Waals surface area (Å²) in [6.45, 7) is 0. The molecule has 1 heterocycles. The van der Waals surface area contributed by atoms with Crippen LogP contribution < -0.4 is 0 Å². The molecule has 0 unspecified atom stereocenters. The third kappa shape index (κ3) is 3.28. The maximum Gasteiger partial charge on any atom is 0.327 e. The van der Waals surface area contributed by atoms with E-state index >= 15 is 0 Å². The zero-order valence-corrected chi connectivity index (χ0v) is 10.4. The first-order valence-electron chi connectivity index (χ1n) is 4.35. The molecule has 1 rings (SSSR count). The predicted octanol–water partition coefficient (Wildman–Crippen LogP) is 1.21. The van der Waals surface area contributed by atoms with Crippen molar-refractivity contribution in [3.05, 3.63) is 22.2 Å². The first-order valence-corrected chi connectivity index (χ1v) is 5.10. The zero-order valence-electron chi connectivity index (χ0n) is 8.94. The summed E-state index contributed by atoms with van der Waals surface area (Å²) in [6.07, 6.45) is 0. The second kappa shape index (κ2) is 5.79. The van der Waals surface area contributed by atoms with Gasteiger partial charge in [0.1, 0.15) is 10.3 Å². The molecule has 0 aromatic carbocycles. The minimum absolute atomic E-state index is 0.0119. The number of hydrogen-bond donors (Lipinski definition) is 0. The van der Waals surface area contributed by atoms with Crippen molar-refractivity contribution < 1.29 is 19.1 Å². The average Bonchev–Trinajstić information content (AvgIpc) is 2.27. The van der Waals surface area contributed by atoms with Crippen LogP contribution in [0.15, 0.2) is 6.07 Å². The highest BCUT2D eigenvalue weighted by Crippen LogP contribution is 2.20. The van der Waals surface area contributed by atoms with Crippen LogP contribution in [0.1, 0.15) is 11.7 Å². The van der Waals surface area contributed by atoms with Crippen molar-refractivity contribution in [3.63, 3.8) is 0 Å². The third-order valence-corrected chi connectivity index (χ3v) is 2.20. The Morgan fingerprint density at radius 3 is 1.88 bits per heavy atom. The molecular formula is C9H8Cl2N2O4. The zero-order chi connectivity index (χ0) is 13.0. The van der Waals surface area contributed by atoms with E-state index in [4.69, 9.17) is 23.2 Å². The van der Waals surface area contributed by atoms with Crippen LogP contribution in [0, 0.1) is 0 Å². The molecular weight excluding hydrogens is 271 g/mol. The first-order chi connectivity index (χ1) is 7.99. The Hall–Kier alpha value is -1.40. The van der Waals surface area contributed by atoms with Crippen molar-refractivity contribution >= 4 is 35.1 Å². The molecule has 0 fully saturated rings. The van der Waals surface area contributed by atoms with Crippen LogP contribution in [0.3, 0.4) is 0 Å². The quantitative estimate of drug-likeness (QED) is 0.470. The van der Waals surface area contributed by atoms with Crippen molar-refractivity contribution in [2.45, 2.75) is 5.92 Å². The molecule has 0 aliphatic rings. The van der Waals surface area contributed by atoms with Gasteiger partial charge >= 0.3 is 11.9 Å². The van der Waals surface area contributed by atoms with Crippen LogP contribution >= 0.6 is 23.2 Å². The maximum atomic E-state index is 11.4. The fourth-order valence-electron chi connectivity index (χ4n) is 1.08. The molecule has 6 nitrogen and oxygen atoms in total. The second-order valence-electron chi connectivity index (χ2n) is 2.85. The van der Waals surface area contributed by atoms with E-state index in [2.05, 4.69) is 19.4 Å². The van der Waals surface area contributed by atoms with Gasteiger partial charge in [0.2, 0.25) is 5.92 Å². The van der Waals surface area contributed by atoms with Gasteiger partial charge in [-0.25, -0.2) is 9.97 Å². The highest BCUT2D eigenvalue weighted by molar-refractivity contribution is 6.33. The van der Waals surface area contributed by atoms with Gasteiger partial charge < -0.3 is 9.47 Å². The van der Waals surface area contributed by atoms with Crippen LogP contribution in [-0.2, 0) is 19.1 Å². The molecule has 0 atom stereocenters. The molecule has 0 radical (unpaired) electrons. The van der Waals surface area contributed by atoms with Gasteiger partial charge in [0.05, 0.1) is 14.2 Å². The van der Waals surface area contributed by atoms with E-state index in [9.17, 15) is 9.59 Å². The van der Waals surface area contributed by atoms with Crippen LogP contribution in [0.4, 0.5) is 0 Å². The van der Waals surface area contributed by atoms with Crippen molar-refractivity contribution in [3.8, 4) is 0 Å². The Morgan fingerprint density at radius 1 is 1.12 bits per heavy atom. The molecule has 0 aliphatic carbocycles. The number of carbonyl (C=O) groups is 2. The SMILES string of the molecule is COC(=O)C(C(=O)OC)c1nc(Cl)cc(Cl)n1. The molecule has 8 heteroatoms. The third-order valence-electron chi connectivity index (χ3n) is 1.81. The smallest absolute Gasteiger partial charge is 0.327 e. The van der Waals surface area contributed by atoms with Crippen molar-refractivity contribution in [2.24, 2.45) is 0 Å². The Bertz CT molecular complexity index is 416. The van der Waals surface area contributed by atoms with Gasteiger partial charge in [-0.3, -0.25) is 9.59 Å². The molecule has 0 N–H and O–H groups in total. The van der Waals surface area contributed by atoms with E-state index in [1.807, 2.05) is 0 Å². The fraction of sp³-hybridized carbons (Fsp3) is 0.333. The second-order valence-corrected chi connectivity index (χ2v) is 3.63. The topological polar surface area (TPSA) is 78.4 Å². The standard InChI is InChI=1S/C9H8Cl2N2O4/c1-16-8(14)6(9(15)17-2)7-12-4(10)3-5(11)13-7/h3,6H,1-2H3. The number of rotatable bonds is 3. The minimum Gasteiger partial charge on any atom is -0.468 e. The summed E-state index contributed by atoms with van der Waals surface area (Å²) >= 11 is 11.3. The Balaban J connectivity index is 3.21. The molecule has 0 bridgehead atoms. The van der Waals surface area contributed by atoms with Gasteiger partial charge in [-0.2, -0.15) is 0 Å². The normalized spacial score (nSPS) is 10.2. The monoisotopic (exact) mass is 278 g/mol. The molecule has 1 aromatic heterocycles. The Morgan fingerprint density at radius 2 is 1.53 bits per heavy atom. The summed E-state index contributed by atoms with van der Waals surface area (Å²) in [5.41, 5.74) is 0. The van der Waals surface area contributed by atoms with Crippen molar-refractivity contribution in [2.75, 3.05) is 14.2 Å². The fourth-order valence-corrected chi connectivity index (χ4v) is 1.51. The Kier molecular flexibility index (Phi) is 4.65. The van der Waals surface area contributed by atoms with Gasteiger partial charge in [-0.05, 0) is 0 Å². The molecule has 17 heavy (non-hydrogen) atoms. The lowest BCUT2D eigenvalue weighted by molar-refractivity contribution is -0.154. The van der Waals surface area contributed by atoms with Crippen LogP contribution in [0.25, 0.3) is 0 Å². The summed E-state index contributed by atoms with van der Waals surface area (Å²) in [6, 6.07) is 1.28. The van der Waals surface area contributed by atoms with Crippen molar-refractivity contribution in [1.82, 2.24) is 9.97 Å². The van der Waals surface area contributed by atoms with E-state index in [1.165, 1.54) is 6.07 Å². The van der Waals surface area contributed by atoms with E-state index in [-0.39, 0.29) is 16.1 Å². The van der Waals surface area contributed by atoms with E-state index in [0.29, 0.717) is 0 Å². The van der Waals surface area contributed by atoms with Crippen molar-refractivity contribution in [1.29, 1.82) is 0 Å². The summed E-state index contributed by atoms with van der Waals surface area (Å²) in [7, 11) is 2.26. The number of carbonyl (C=O) groups excluding carboxylic acids is 2. The lowest BCUT2D eigenvalue weighted by Crippen LogP contribution is -2.26. The Labute approximate surface area is 107 Å². The molecule has 0 saturated heterocycles. The van der Waals surface area contributed by atoms with E-state index in [1.54, 1.807) is 0 Å². The number of aromatic nitrogens is 2. The van der Waals surface area contributed by atoms with Gasteiger partial charge in [0, 0.05) is 6.07 Å². The predicted molar refractivity (Wildman–Crippen MR) is 58.8 cm³/mol. The molecule has 0 saturated carbocycles. The van der Waals surface area contributed by atoms with E-state index in [0.717, 1.165) is 14.2 Å². The van der Waals surface area contributed by atoms with Gasteiger partial charge in [0.15, 0.2) is 5.82 Å². The molecule has 92 valence electrons. The minimum atomic E-state index is -1.40. The van der Waals surface area contributed by atoms with Gasteiger partial charge in [0.25, 0.3) is 0 Å². The van der Waals surface area contributed by atoms with Crippen LogP contribution in [0.5, 0.6) is 0 Å². The van der Waals surface area contributed by atoms with Crippen LogP contribution in [-0.4, -0.2) is 36.1 Å². The van der Waals surface area contributed by atoms with Crippen LogP contribution in [0.2, 0.25) is 10.3 Å². The van der Waals surface area contributed by atoms with Gasteiger partial charge in [-0.1, -0.05) is 23.2 Å². The maximum absolute atomic E-state index is 11.4. The highest BCUT2D eigenvalue weighted by Gasteiger charge is 2.33. The molecule has 1 aromatic rings. The molecule has 0 spiro atoms. The average molecular weight is 279 g/mol. The summed E-state index contributed by atoms with van der Waals surface area (Å²) in [5.74, 6) is -3.27. The summed E-state index contributed by atoms with van der Waals surface area (Å²) < 4.78 is 8.93. The first kappa shape index (κ1) is 13.7. The molecule has 0 aliphatic heterocycles.